The number of aromatic hydroxyl groups is 1. The summed E-state index contributed by atoms with van der Waals surface area (Å²) in [6.07, 6.45) is 2.94. The van der Waals surface area contributed by atoms with Crippen LogP contribution in [0.5, 0.6) is 5.75 Å². The molecule has 2 N–H and O–H groups in total. The fourth-order valence-corrected chi connectivity index (χ4v) is 3.31. The lowest BCUT2D eigenvalue weighted by atomic mass is 10.2. The van der Waals surface area contributed by atoms with Crippen molar-refractivity contribution in [2.75, 3.05) is 13.1 Å². The second-order valence-corrected chi connectivity index (χ2v) is 6.21. The van der Waals surface area contributed by atoms with Crippen molar-refractivity contribution < 1.29 is 13.5 Å². The fraction of sp³-hybridized carbons (Fsp3) is 0.500. The third-order valence-electron chi connectivity index (χ3n) is 3.02. The molecule has 0 amide bonds. The Morgan fingerprint density at radius 2 is 1.94 bits per heavy atom. The molecule has 0 aliphatic carbocycles. The molecule has 1 aliphatic heterocycles. The minimum atomic E-state index is -3.39. The van der Waals surface area contributed by atoms with Gasteiger partial charge in [-0.1, -0.05) is 18.6 Å². The summed E-state index contributed by atoms with van der Waals surface area (Å²) in [4.78, 5) is 0. The van der Waals surface area contributed by atoms with E-state index in [0.717, 1.165) is 24.8 Å². The van der Waals surface area contributed by atoms with Crippen molar-refractivity contribution in [3.8, 4) is 5.75 Å². The van der Waals surface area contributed by atoms with Gasteiger partial charge < -0.3 is 5.11 Å². The highest BCUT2D eigenvalue weighted by Crippen LogP contribution is 2.14. The molecule has 0 spiro atoms. The second kappa shape index (κ2) is 5.69. The number of phenolic OH excluding ortho intramolecular Hbond substituents is 1. The molecule has 0 unspecified atom stereocenters. The van der Waals surface area contributed by atoms with E-state index in [1.165, 1.54) is 4.31 Å². The molecule has 1 aromatic rings. The summed E-state index contributed by atoms with van der Waals surface area (Å²) in [6, 6.07) is 6.58. The van der Waals surface area contributed by atoms with E-state index in [1.807, 2.05) is 0 Å². The third-order valence-corrected chi connectivity index (χ3v) is 4.58. The number of nitrogens with zero attached hydrogens (tertiary/aromatic N) is 1. The van der Waals surface area contributed by atoms with Gasteiger partial charge in [-0.3, -0.25) is 0 Å². The van der Waals surface area contributed by atoms with E-state index < -0.39 is 10.2 Å². The van der Waals surface area contributed by atoms with Crippen molar-refractivity contribution in [2.24, 2.45) is 0 Å². The van der Waals surface area contributed by atoms with Gasteiger partial charge in [0.2, 0.25) is 0 Å². The maximum atomic E-state index is 12.0. The highest BCUT2D eigenvalue weighted by atomic mass is 32.2. The van der Waals surface area contributed by atoms with Gasteiger partial charge in [-0.15, -0.1) is 0 Å². The third kappa shape index (κ3) is 3.44. The Morgan fingerprint density at radius 1 is 1.22 bits per heavy atom. The molecule has 0 radical (unpaired) electrons. The molecule has 6 heteroatoms. The van der Waals surface area contributed by atoms with E-state index in [4.69, 9.17) is 0 Å². The normalized spacial score (nSPS) is 17.8. The molecule has 1 fully saturated rings. The van der Waals surface area contributed by atoms with Crippen LogP contribution < -0.4 is 4.72 Å². The van der Waals surface area contributed by atoms with Crippen molar-refractivity contribution in [1.82, 2.24) is 9.03 Å². The van der Waals surface area contributed by atoms with Gasteiger partial charge in [0.15, 0.2) is 0 Å². The smallest absolute Gasteiger partial charge is 0.279 e. The molecule has 0 aromatic heterocycles. The summed E-state index contributed by atoms with van der Waals surface area (Å²) in [5, 5.41) is 9.30. The van der Waals surface area contributed by atoms with Crippen LogP contribution in [0.1, 0.15) is 24.8 Å². The SMILES string of the molecule is O=S(=O)(NCc1cccc(O)c1)N1CCCCC1. The summed E-state index contributed by atoms with van der Waals surface area (Å²) in [5.74, 6) is 0.143. The number of piperidine rings is 1. The molecule has 0 bridgehead atoms. The highest BCUT2D eigenvalue weighted by Gasteiger charge is 2.23. The molecular formula is C12H18N2O3S. The largest absolute Gasteiger partial charge is 0.508 e. The Hall–Kier alpha value is -1.11. The second-order valence-electron chi connectivity index (χ2n) is 4.46. The first-order valence-electron chi connectivity index (χ1n) is 6.10. The Morgan fingerprint density at radius 3 is 2.61 bits per heavy atom. The zero-order valence-electron chi connectivity index (χ0n) is 10.2. The van der Waals surface area contributed by atoms with Gasteiger partial charge in [0.1, 0.15) is 5.75 Å². The molecule has 1 aromatic carbocycles. The van der Waals surface area contributed by atoms with Crippen LogP contribution >= 0.6 is 0 Å². The standard InChI is InChI=1S/C12H18N2O3S/c15-12-6-4-5-11(9-12)10-13-18(16,17)14-7-2-1-3-8-14/h4-6,9,13,15H,1-3,7-8,10H2. The van der Waals surface area contributed by atoms with E-state index in [1.54, 1.807) is 24.3 Å². The molecule has 100 valence electrons. The Bertz CT molecular complexity index is 496. The van der Waals surface area contributed by atoms with Crippen molar-refractivity contribution >= 4 is 10.2 Å². The molecule has 0 atom stereocenters. The monoisotopic (exact) mass is 270 g/mol. The summed E-state index contributed by atoms with van der Waals surface area (Å²) < 4.78 is 28.0. The lowest BCUT2D eigenvalue weighted by Crippen LogP contribution is -2.43. The number of rotatable bonds is 4. The number of benzene rings is 1. The molecule has 0 saturated carbocycles. The van der Waals surface area contributed by atoms with Crippen LogP contribution in [0.15, 0.2) is 24.3 Å². The number of hydrogen-bond acceptors (Lipinski definition) is 3. The summed E-state index contributed by atoms with van der Waals surface area (Å²) in [6.45, 7) is 1.39. The number of nitrogens with one attached hydrogen (secondary N) is 1. The van der Waals surface area contributed by atoms with Crippen LogP contribution in [0.4, 0.5) is 0 Å². The first-order valence-corrected chi connectivity index (χ1v) is 7.54. The highest BCUT2D eigenvalue weighted by molar-refractivity contribution is 7.87. The average Bonchev–Trinajstić information content (AvgIpc) is 2.38. The zero-order valence-corrected chi connectivity index (χ0v) is 11.0. The topological polar surface area (TPSA) is 69.6 Å². The van der Waals surface area contributed by atoms with E-state index >= 15 is 0 Å². The maximum absolute atomic E-state index is 12.0. The summed E-state index contributed by atoms with van der Waals surface area (Å²) in [5.41, 5.74) is 0.746. The zero-order chi connectivity index (χ0) is 13.0. The molecular weight excluding hydrogens is 252 g/mol. The van der Waals surface area contributed by atoms with Crippen LogP contribution in [0.3, 0.4) is 0 Å². The van der Waals surface area contributed by atoms with Crippen molar-refractivity contribution in [3.05, 3.63) is 29.8 Å². The predicted octanol–water partition coefficient (Wildman–Crippen LogP) is 1.21. The first-order chi connectivity index (χ1) is 8.58. The van der Waals surface area contributed by atoms with E-state index in [-0.39, 0.29) is 12.3 Å². The van der Waals surface area contributed by atoms with Crippen molar-refractivity contribution in [3.63, 3.8) is 0 Å². The van der Waals surface area contributed by atoms with Gasteiger partial charge in [-0.25, -0.2) is 0 Å². The van der Waals surface area contributed by atoms with Crippen LogP contribution in [-0.2, 0) is 16.8 Å². The number of phenols is 1. The van der Waals surface area contributed by atoms with Gasteiger partial charge in [0.25, 0.3) is 10.2 Å². The minimum absolute atomic E-state index is 0.143. The molecule has 1 saturated heterocycles. The van der Waals surface area contributed by atoms with Gasteiger partial charge in [-0.2, -0.15) is 17.4 Å². The van der Waals surface area contributed by atoms with Crippen LogP contribution in [0.25, 0.3) is 0 Å². The molecule has 5 nitrogen and oxygen atoms in total. The van der Waals surface area contributed by atoms with Crippen molar-refractivity contribution in [1.29, 1.82) is 0 Å². The first kappa shape index (κ1) is 13.3. The van der Waals surface area contributed by atoms with Gasteiger partial charge in [-0.05, 0) is 30.5 Å². The quantitative estimate of drug-likeness (QED) is 0.864. The number of hydrogen-bond donors (Lipinski definition) is 2. The fourth-order valence-electron chi connectivity index (χ4n) is 2.04. The Labute approximate surface area is 108 Å². The Balaban J connectivity index is 1.96. The van der Waals surface area contributed by atoms with Gasteiger partial charge in [0, 0.05) is 19.6 Å². The van der Waals surface area contributed by atoms with Gasteiger partial charge in [0.05, 0.1) is 0 Å². The predicted molar refractivity (Wildman–Crippen MR) is 69.3 cm³/mol. The van der Waals surface area contributed by atoms with Crippen molar-refractivity contribution in [2.45, 2.75) is 25.8 Å². The summed E-state index contributed by atoms with van der Waals surface area (Å²) in [7, 11) is -3.39. The molecule has 1 aliphatic rings. The maximum Gasteiger partial charge on any atom is 0.279 e. The lowest BCUT2D eigenvalue weighted by molar-refractivity contribution is 0.341. The average molecular weight is 270 g/mol. The lowest BCUT2D eigenvalue weighted by Gasteiger charge is -2.25. The van der Waals surface area contributed by atoms with E-state index in [9.17, 15) is 13.5 Å². The van der Waals surface area contributed by atoms with Crippen LogP contribution in [0, 0.1) is 0 Å². The van der Waals surface area contributed by atoms with Crippen LogP contribution in [0.2, 0.25) is 0 Å². The van der Waals surface area contributed by atoms with E-state index in [2.05, 4.69) is 4.72 Å². The molecule has 1 heterocycles. The Kier molecular flexibility index (Phi) is 4.21. The molecule has 2 rings (SSSR count). The van der Waals surface area contributed by atoms with Crippen LogP contribution in [-0.4, -0.2) is 30.9 Å². The van der Waals surface area contributed by atoms with E-state index in [0.29, 0.717) is 13.1 Å². The van der Waals surface area contributed by atoms with Gasteiger partial charge >= 0.3 is 0 Å². The summed E-state index contributed by atoms with van der Waals surface area (Å²) >= 11 is 0. The molecule has 18 heavy (non-hydrogen) atoms. The minimum Gasteiger partial charge on any atom is -0.508 e.